The molecule has 0 radical (unpaired) electrons. The highest BCUT2D eigenvalue weighted by Crippen LogP contribution is 2.41. The first-order valence-electron chi connectivity index (χ1n) is 8.05. The molecule has 1 aromatic rings. The Morgan fingerprint density at radius 1 is 1.19 bits per heavy atom. The third kappa shape index (κ3) is 3.35. The highest BCUT2D eigenvalue weighted by Gasteiger charge is 2.40. The van der Waals surface area contributed by atoms with Gasteiger partial charge in [-0.15, -0.1) is 11.8 Å². The fourth-order valence-corrected chi connectivity index (χ4v) is 4.20. The molecule has 114 valence electrons. The number of Topliss-reactive ketones (excluding diaryl/α,β-unsaturated/α-hetero) is 1. The highest BCUT2D eigenvalue weighted by atomic mass is 32.2. The van der Waals surface area contributed by atoms with Crippen LogP contribution in [-0.2, 0) is 4.74 Å². The smallest absolute Gasteiger partial charge is 0.166 e. The Hall–Kier alpha value is -0.800. The topological polar surface area (TPSA) is 26.3 Å². The van der Waals surface area contributed by atoms with Gasteiger partial charge < -0.3 is 4.74 Å². The molecule has 0 N–H and O–H groups in total. The number of hydrogen-bond acceptors (Lipinski definition) is 3. The molecule has 1 unspecified atom stereocenters. The molecule has 1 aromatic carbocycles. The second kappa shape index (κ2) is 6.53. The number of carbonyl (C=O) groups excluding carboxylic acids is 1. The zero-order chi connectivity index (χ0) is 14.7. The minimum atomic E-state index is 0.00996. The van der Waals surface area contributed by atoms with Crippen LogP contribution in [0.15, 0.2) is 29.2 Å². The highest BCUT2D eigenvalue weighted by molar-refractivity contribution is 7.98. The first kappa shape index (κ1) is 15.1. The quantitative estimate of drug-likeness (QED) is 0.597. The molecule has 1 spiro atoms. The van der Waals surface area contributed by atoms with Gasteiger partial charge in [-0.1, -0.05) is 31.4 Å². The van der Waals surface area contributed by atoms with E-state index in [9.17, 15) is 4.79 Å². The SMILES string of the molecule is CSc1ccc(C(=O)C2CCOC3(CCCCC3)C2)cc1. The summed E-state index contributed by atoms with van der Waals surface area (Å²) in [6.07, 6.45) is 9.97. The average Bonchev–Trinajstić information content (AvgIpc) is 2.55. The van der Waals surface area contributed by atoms with Gasteiger partial charge in [-0.05, 0) is 44.1 Å². The van der Waals surface area contributed by atoms with Crippen molar-refractivity contribution in [3.8, 4) is 0 Å². The molecule has 2 aliphatic rings. The van der Waals surface area contributed by atoms with E-state index in [1.54, 1.807) is 11.8 Å². The summed E-state index contributed by atoms with van der Waals surface area (Å²) in [4.78, 5) is 14.0. The van der Waals surface area contributed by atoms with E-state index in [2.05, 4.69) is 6.26 Å². The second-order valence-corrected chi connectivity index (χ2v) is 7.25. The van der Waals surface area contributed by atoms with Crippen LogP contribution in [0.2, 0.25) is 0 Å². The molecule has 0 amide bonds. The van der Waals surface area contributed by atoms with E-state index in [1.165, 1.54) is 24.2 Å². The molecular weight excluding hydrogens is 280 g/mol. The molecule has 0 aromatic heterocycles. The number of ketones is 1. The van der Waals surface area contributed by atoms with E-state index in [4.69, 9.17) is 4.74 Å². The van der Waals surface area contributed by atoms with Gasteiger partial charge in [0.25, 0.3) is 0 Å². The van der Waals surface area contributed by atoms with E-state index < -0.39 is 0 Å². The zero-order valence-electron chi connectivity index (χ0n) is 12.8. The summed E-state index contributed by atoms with van der Waals surface area (Å²) in [5.74, 6) is 0.466. The Labute approximate surface area is 131 Å². The fourth-order valence-electron chi connectivity index (χ4n) is 3.79. The van der Waals surface area contributed by atoms with Crippen molar-refractivity contribution < 1.29 is 9.53 Å². The van der Waals surface area contributed by atoms with Crippen LogP contribution in [0.4, 0.5) is 0 Å². The molecule has 1 saturated heterocycles. The molecular formula is C18H24O2S. The lowest BCUT2D eigenvalue weighted by Gasteiger charge is -2.43. The summed E-state index contributed by atoms with van der Waals surface area (Å²) in [7, 11) is 0. The van der Waals surface area contributed by atoms with Crippen molar-refractivity contribution >= 4 is 17.5 Å². The number of carbonyl (C=O) groups is 1. The largest absolute Gasteiger partial charge is 0.375 e. The molecule has 1 saturated carbocycles. The van der Waals surface area contributed by atoms with E-state index in [-0.39, 0.29) is 11.5 Å². The van der Waals surface area contributed by atoms with E-state index in [0.29, 0.717) is 5.78 Å². The number of hydrogen-bond donors (Lipinski definition) is 0. The van der Waals surface area contributed by atoms with Crippen molar-refractivity contribution in [1.82, 2.24) is 0 Å². The van der Waals surface area contributed by atoms with Gasteiger partial charge in [0.05, 0.1) is 5.60 Å². The molecule has 2 nitrogen and oxygen atoms in total. The van der Waals surface area contributed by atoms with Crippen molar-refractivity contribution in [2.45, 2.75) is 55.4 Å². The Bertz CT molecular complexity index is 483. The lowest BCUT2D eigenvalue weighted by atomic mass is 9.74. The van der Waals surface area contributed by atoms with Crippen molar-refractivity contribution in [1.29, 1.82) is 0 Å². The summed E-state index contributed by atoms with van der Waals surface area (Å²) in [5, 5.41) is 0. The number of rotatable bonds is 3. The maximum atomic E-state index is 12.8. The summed E-state index contributed by atoms with van der Waals surface area (Å²) >= 11 is 1.71. The Morgan fingerprint density at radius 2 is 1.90 bits per heavy atom. The van der Waals surface area contributed by atoms with E-state index in [1.807, 2.05) is 24.3 Å². The van der Waals surface area contributed by atoms with Crippen LogP contribution >= 0.6 is 11.8 Å². The van der Waals surface area contributed by atoms with Gasteiger partial charge in [-0.3, -0.25) is 4.79 Å². The third-order valence-electron chi connectivity index (χ3n) is 5.00. The molecule has 1 heterocycles. The van der Waals surface area contributed by atoms with Gasteiger partial charge in [0, 0.05) is 23.0 Å². The van der Waals surface area contributed by atoms with Crippen molar-refractivity contribution in [2.24, 2.45) is 5.92 Å². The van der Waals surface area contributed by atoms with Gasteiger partial charge in [-0.2, -0.15) is 0 Å². The Balaban J connectivity index is 1.71. The van der Waals surface area contributed by atoms with Crippen LogP contribution in [0.3, 0.4) is 0 Å². The van der Waals surface area contributed by atoms with Crippen LogP contribution in [-0.4, -0.2) is 24.2 Å². The van der Waals surface area contributed by atoms with Gasteiger partial charge in [0.2, 0.25) is 0 Å². The minimum Gasteiger partial charge on any atom is -0.375 e. The van der Waals surface area contributed by atoms with Crippen LogP contribution in [0.1, 0.15) is 55.3 Å². The van der Waals surface area contributed by atoms with Gasteiger partial charge in [-0.25, -0.2) is 0 Å². The summed E-state index contributed by atoms with van der Waals surface area (Å²) < 4.78 is 6.10. The lowest BCUT2D eigenvalue weighted by molar-refractivity contribution is -0.111. The van der Waals surface area contributed by atoms with E-state index >= 15 is 0 Å². The van der Waals surface area contributed by atoms with Crippen molar-refractivity contribution in [3.63, 3.8) is 0 Å². The number of ether oxygens (including phenoxy) is 1. The minimum absolute atomic E-state index is 0.00996. The normalized spacial score (nSPS) is 24.9. The number of benzene rings is 1. The molecule has 0 bridgehead atoms. The molecule has 2 fully saturated rings. The average molecular weight is 304 g/mol. The fraction of sp³-hybridized carbons (Fsp3) is 0.611. The second-order valence-electron chi connectivity index (χ2n) is 6.37. The van der Waals surface area contributed by atoms with Gasteiger partial charge >= 0.3 is 0 Å². The number of thioether (sulfide) groups is 1. The predicted molar refractivity (Wildman–Crippen MR) is 87.0 cm³/mol. The first-order chi connectivity index (χ1) is 10.2. The molecule has 1 atom stereocenters. The predicted octanol–water partition coefficient (Wildman–Crippen LogP) is 4.72. The van der Waals surface area contributed by atoms with Crippen LogP contribution < -0.4 is 0 Å². The van der Waals surface area contributed by atoms with E-state index in [0.717, 1.165) is 37.9 Å². The van der Waals surface area contributed by atoms with Crippen LogP contribution in [0.25, 0.3) is 0 Å². The summed E-state index contributed by atoms with van der Waals surface area (Å²) in [6, 6.07) is 8.07. The Kier molecular flexibility index (Phi) is 4.70. The molecule has 3 heteroatoms. The zero-order valence-corrected chi connectivity index (χ0v) is 13.6. The Morgan fingerprint density at radius 3 is 2.57 bits per heavy atom. The van der Waals surface area contributed by atoms with Gasteiger partial charge in [0.15, 0.2) is 5.78 Å². The monoisotopic (exact) mass is 304 g/mol. The third-order valence-corrected chi connectivity index (χ3v) is 5.75. The molecule has 1 aliphatic carbocycles. The van der Waals surface area contributed by atoms with Crippen LogP contribution in [0.5, 0.6) is 0 Å². The standard InChI is InChI=1S/C18H24O2S/c1-21-16-7-5-14(6-8-16)17(19)15-9-12-20-18(13-15)10-3-2-4-11-18/h5-8,15H,2-4,9-13H2,1H3. The van der Waals surface area contributed by atoms with Crippen molar-refractivity contribution in [2.75, 3.05) is 12.9 Å². The first-order valence-corrected chi connectivity index (χ1v) is 9.27. The van der Waals surface area contributed by atoms with Gasteiger partial charge in [0.1, 0.15) is 0 Å². The summed E-state index contributed by atoms with van der Waals surface area (Å²) in [6.45, 7) is 0.749. The maximum absolute atomic E-state index is 12.8. The molecule has 3 rings (SSSR count). The lowest BCUT2D eigenvalue weighted by Crippen LogP contribution is -2.43. The molecule has 1 aliphatic heterocycles. The van der Waals surface area contributed by atoms with Crippen molar-refractivity contribution in [3.05, 3.63) is 29.8 Å². The molecule has 21 heavy (non-hydrogen) atoms. The maximum Gasteiger partial charge on any atom is 0.166 e. The van der Waals surface area contributed by atoms with Crippen LogP contribution in [0, 0.1) is 5.92 Å². The summed E-state index contributed by atoms with van der Waals surface area (Å²) in [5.41, 5.74) is 0.876.